The lowest BCUT2D eigenvalue weighted by atomic mass is 9.89. The molecule has 0 atom stereocenters. The van der Waals surface area contributed by atoms with E-state index in [0.717, 1.165) is 54.7 Å². The predicted molar refractivity (Wildman–Crippen MR) is 129 cm³/mol. The third-order valence-corrected chi connectivity index (χ3v) is 6.84. The van der Waals surface area contributed by atoms with Crippen molar-refractivity contribution in [3.8, 4) is 0 Å². The molecule has 6 nitrogen and oxygen atoms in total. The van der Waals surface area contributed by atoms with E-state index in [1.54, 1.807) is 0 Å². The zero-order valence-electron chi connectivity index (χ0n) is 19.1. The van der Waals surface area contributed by atoms with Crippen molar-refractivity contribution >= 4 is 11.6 Å². The Bertz CT molecular complexity index is 1060. The highest BCUT2D eigenvalue weighted by Crippen LogP contribution is 2.32. The summed E-state index contributed by atoms with van der Waals surface area (Å²) >= 11 is 0. The summed E-state index contributed by atoms with van der Waals surface area (Å²) in [7, 11) is 0. The lowest BCUT2D eigenvalue weighted by Gasteiger charge is -2.38. The number of nitrogens with two attached hydrogens (primary N) is 1. The lowest BCUT2D eigenvalue weighted by molar-refractivity contribution is 0.0950. The predicted octanol–water partition coefficient (Wildman–Crippen LogP) is 3.36. The minimum absolute atomic E-state index is 0.130. The summed E-state index contributed by atoms with van der Waals surface area (Å²) in [6.45, 7) is 5.18. The molecule has 4 N–H and O–H groups in total. The summed E-state index contributed by atoms with van der Waals surface area (Å²) in [5.74, 6) is -0.134. The highest BCUT2D eigenvalue weighted by Gasteiger charge is 2.26. The fraction of sp³-hybridized carbons (Fsp3) is 0.462. The number of carbonyl (C=O) groups is 1. The van der Waals surface area contributed by atoms with Gasteiger partial charge in [-0.15, -0.1) is 0 Å². The number of nitrogens with one attached hydrogen (secondary N) is 2. The standard InChI is InChI=1S/C26H34N4O2/c1-3-30(20-13-11-19(27)12-14-20)24-10-6-9-22-21(24)8-5-4-7-18-15-17(2)29-26(32)23(18)16-28-25(22)31/h4-6,9-10,15,19-20H,3,7-8,11-14,16,27H2,1-2H3,(H,28,31)(H,29,32). The quantitative estimate of drug-likeness (QED) is 0.646. The Balaban J connectivity index is 1.70. The molecular weight excluding hydrogens is 400 g/mol. The summed E-state index contributed by atoms with van der Waals surface area (Å²) in [6, 6.07) is 8.75. The fourth-order valence-electron chi connectivity index (χ4n) is 5.15. The van der Waals surface area contributed by atoms with Crippen molar-refractivity contribution in [1.29, 1.82) is 0 Å². The molecule has 170 valence electrons. The Hall–Kier alpha value is -2.86. The molecule has 1 saturated carbocycles. The number of pyridine rings is 1. The molecule has 1 aliphatic heterocycles. The second-order valence-corrected chi connectivity index (χ2v) is 9.01. The molecule has 1 aromatic heterocycles. The first kappa shape index (κ1) is 22.3. The molecule has 0 unspecified atom stereocenters. The van der Waals surface area contributed by atoms with Crippen LogP contribution in [0.1, 0.15) is 65.3 Å². The van der Waals surface area contributed by atoms with Crippen LogP contribution in [-0.4, -0.2) is 29.5 Å². The third-order valence-electron chi connectivity index (χ3n) is 6.84. The lowest BCUT2D eigenvalue weighted by Crippen LogP contribution is -2.41. The number of anilines is 1. The van der Waals surface area contributed by atoms with Gasteiger partial charge in [0.05, 0.1) is 0 Å². The Labute approximate surface area is 189 Å². The molecule has 1 aliphatic carbocycles. The molecule has 0 bridgehead atoms. The second-order valence-electron chi connectivity index (χ2n) is 9.01. The van der Waals surface area contributed by atoms with E-state index in [1.807, 2.05) is 25.1 Å². The number of carbonyl (C=O) groups excluding carboxylic acids is 1. The van der Waals surface area contributed by atoms with Crippen LogP contribution < -0.4 is 21.5 Å². The summed E-state index contributed by atoms with van der Waals surface area (Å²) < 4.78 is 0. The topological polar surface area (TPSA) is 91.2 Å². The van der Waals surface area contributed by atoms with Crippen molar-refractivity contribution in [2.45, 2.75) is 71.0 Å². The van der Waals surface area contributed by atoms with Gasteiger partial charge < -0.3 is 20.9 Å². The van der Waals surface area contributed by atoms with Gasteiger partial charge in [-0.25, -0.2) is 0 Å². The molecule has 1 aromatic carbocycles. The second kappa shape index (κ2) is 9.74. The summed E-state index contributed by atoms with van der Waals surface area (Å²) in [6.07, 6.45) is 9.85. The molecule has 0 radical (unpaired) electrons. The van der Waals surface area contributed by atoms with Gasteiger partial charge in [-0.05, 0) is 81.7 Å². The van der Waals surface area contributed by atoms with E-state index >= 15 is 0 Å². The van der Waals surface area contributed by atoms with Gasteiger partial charge in [-0.1, -0.05) is 18.2 Å². The number of allylic oxidation sites excluding steroid dienone is 2. The average Bonchev–Trinajstić information content (AvgIpc) is 2.80. The SMILES string of the molecule is CCN(c1cccc2c1CC=CCc1cc(C)[nH]c(=O)c1CNC2=O)C1CCC(N)CC1. The molecule has 2 aliphatic rings. The van der Waals surface area contributed by atoms with E-state index in [0.29, 0.717) is 36.1 Å². The molecule has 0 spiro atoms. The Morgan fingerprint density at radius 3 is 2.56 bits per heavy atom. The number of aromatic amines is 1. The molecule has 1 fully saturated rings. The maximum absolute atomic E-state index is 13.2. The molecule has 2 aromatic rings. The van der Waals surface area contributed by atoms with Gasteiger partial charge in [0.15, 0.2) is 0 Å². The van der Waals surface area contributed by atoms with Gasteiger partial charge in [0, 0.05) is 47.7 Å². The molecule has 32 heavy (non-hydrogen) atoms. The Morgan fingerprint density at radius 2 is 1.81 bits per heavy atom. The Kier molecular flexibility index (Phi) is 6.80. The highest BCUT2D eigenvalue weighted by atomic mass is 16.1. The zero-order chi connectivity index (χ0) is 22.7. The van der Waals surface area contributed by atoms with Gasteiger partial charge in [-0.3, -0.25) is 9.59 Å². The van der Waals surface area contributed by atoms with Gasteiger partial charge in [0.1, 0.15) is 0 Å². The monoisotopic (exact) mass is 434 g/mol. The van der Waals surface area contributed by atoms with E-state index in [1.165, 1.54) is 0 Å². The minimum atomic E-state index is -0.134. The maximum atomic E-state index is 13.2. The van der Waals surface area contributed by atoms with Gasteiger partial charge >= 0.3 is 0 Å². The summed E-state index contributed by atoms with van der Waals surface area (Å²) in [5, 5.41) is 3.00. The van der Waals surface area contributed by atoms with Crippen molar-refractivity contribution in [2.24, 2.45) is 5.73 Å². The Morgan fingerprint density at radius 1 is 1.06 bits per heavy atom. The van der Waals surface area contributed by atoms with Crippen molar-refractivity contribution in [2.75, 3.05) is 11.4 Å². The number of amides is 1. The van der Waals surface area contributed by atoms with E-state index in [2.05, 4.69) is 40.3 Å². The number of benzene rings is 1. The van der Waals surface area contributed by atoms with Crippen LogP contribution in [0.5, 0.6) is 0 Å². The van der Waals surface area contributed by atoms with Crippen LogP contribution in [-0.2, 0) is 19.4 Å². The van der Waals surface area contributed by atoms with E-state index in [9.17, 15) is 9.59 Å². The first-order valence-corrected chi connectivity index (χ1v) is 11.8. The minimum Gasteiger partial charge on any atom is -0.369 e. The number of rotatable bonds is 3. The van der Waals surface area contributed by atoms with E-state index in [-0.39, 0.29) is 18.0 Å². The number of aromatic nitrogens is 1. The summed E-state index contributed by atoms with van der Waals surface area (Å²) in [5.41, 5.74) is 11.3. The van der Waals surface area contributed by atoms with Gasteiger partial charge in [-0.2, -0.15) is 0 Å². The number of hydrogen-bond acceptors (Lipinski definition) is 4. The molecule has 2 heterocycles. The molecule has 0 saturated heterocycles. The van der Waals surface area contributed by atoms with Crippen molar-refractivity contribution < 1.29 is 4.79 Å². The van der Waals surface area contributed by atoms with E-state index in [4.69, 9.17) is 5.73 Å². The van der Waals surface area contributed by atoms with Crippen LogP contribution in [0.15, 0.2) is 41.2 Å². The zero-order valence-corrected chi connectivity index (χ0v) is 19.1. The van der Waals surface area contributed by atoms with E-state index < -0.39 is 0 Å². The number of hydrogen-bond donors (Lipinski definition) is 3. The first-order chi connectivity index (χ1) is 15.5. The third kappa shape index (κ3) is 4.65. The largest absolute Gasteiger partial charge is 0.369 e. The number of aryl methyl sites for hydroxylation is 1. The fourth-order valence-corrected chi connectivity index (χ4v) is 5.15. The first-order valence-electron chi connectivity index (χ1n) is 11.8. The number of H-pyrrole nitrogens is 1. The smallest absolute Gasteiger partial charge is 0.253 e. The van der Waals surface area contributed by atoms with Crippen LogP contribution in [0.25, 0.3) is 0 Å². The molecule has 1 amide bonds. The van der Waals surface area contributed by atoms with Crippen molar-refractivity contribution in [1.82, 2.24) is 10.3 Å². The molecular formula is C26H34N4O2. The molecule has 4 rings (SSSR count). The number of nitrogens with zero attached hydrogens (tertiary/aromatic N) is 1. The van der Waals surface area contributed by atoms with Crippen LogP contribution in [0.4, 0.5) is 5.69 Å². The van der Waals surface area contributed by atoms with Crippen LogP contribution in [0.2, 0.25) is 0 Å². The van der Waals surface area contributed by atoms with Gasteiger partial charge in [0.25, 0.3) is 11.5 Å². The number of fused-ring (bicyclic) bond motifs is 2. The van der Waals surface area contributed by atoms with Crippen LogP contribution >= 0.6 is 0 Å². The van der Waals surface area contributed by atoms with Gasteiger partial charge in [0.2, 0.25) is 0 Å². The molecule has 6 heteroatoms. The average molecular weight is 435 g/mol. The summed E-state index contributed by atoms with van der Waals surface area (Å²) in [4.78, 5) is 31.1. The van der Waals surface area contributed by atoms with Crippen LogP contribution in [0.3, 0.4) is 0 Å². The van der Waals surface area contributed by atoms with Crippen molar-refractivity contribution in [3.05, 3.63) is 74.7 Å². The highest BCUT2D eigenvalue weighted by molar-refractivity contribution is 5.97. The van der Waals surface area contributed by atoms with Crippen molar-refractivity contribution in [3.63, 3.8) is 0 Å². The maximum Gasteiger partial charge on any atom is 0.253 e. The van der Waals surface area contributed by atoms with Crippen LogP contribution in [0, 0.1) is 6.92 Å². The normalized spacial score (nSPS) is 21.2.